The molecule has 1 atom stereocenters. The van der Waals surface area contributed by atoms with Gasteiger partial charge < -0.3 is 14.4 Å². The highest BCUT2D eigenvalue weighted by Crippen LogP contribution is 2.22. The molecule has 1 aliphatic rings. The van der Waals surface area contributed by atoms with Gasteiger partial charge in [-0.05, 0) is 37.1 Å². The van der Waals surface area contributed by atoms with E-state index >= 15 is 0 Å². The van der Waals surface area contributed by atoms with Crippen LogP contribution in [0.3, 0.4) is 0 Å². The standard InChI is InChI=1S/C20H23N5O3/c1-24(2)20-21-11-16-18(23-20)25(12-15-5-4-10-28-15)19(26)17(22-16)13-6-8-14(27-3)9-7-13/h6-9,11,15H,4-5,10,12H2,1-3H3/t15-/m1/s1. The maximum absolute atomic E-state index is 13.3. The van der Waals surface area contributed by atoms with Crippen LogP contribution in [0.1, 0.15) is 12.8 Å². The van der Waals surface area contributed by atoms with Gasteiger partial charge >= 0.3 is 0 Å². The van der Waals surface area contributed by atoms with Crippen LogP contribution >= 0.6 is 0 Å². The highest BCUT2D eigenvalue weighted by atomic mass is 16.5. The Morgan fingerprint density at radius 3 is 2.68 bits per heavy atom. The number of fused-ring (bicyclic) bond motifs is 1. The van der Waals surface area contributed by atoms with Gasteiger partial charge in [0.05, 0.1) is 26.0 Å². The maximum Gasteiger partial charge on any atom is 0.278 e. The summed E-state index contributed by atoms with van der Waals surface area (Å²) in [6.45, 7) is 1.18. The molecule has 0 amide bonds. The van der Waals surface area contributed by atoms with Crippen LogP contribution in [-0.2, 0) is 11.3 Å². The Morgan fingerprint density at radius 1 is 1.25 bits per heavy atom. The zero-order valence-electron chi connectivity index (χ0n) is 16.3. The molecule has 1 saturated heterocycles. The van der Waals surface area contributed by atoms with Crippen molar-refractivity contribution in [3.63, 3.8) is 0 Å². The first-order valence-corrected chi connectivity index (χ1v) is 9.28. The zero-order valence-corrected chi connectivity index (χ0v) is 16.3. The fourth-order valence-corrected chi connectivity index (χ4v) is 3.34. The quantitative estimate of drug-likeness (QED) is 0.669. The SMILES string of the molecule is COc1ccc(-c2nc3cnc(N(C)C)nc3n(C[C@H]3CCCO3)c2=O)cc1. The van der Waals surface area contributed by atoms with Crippen LogP contribution in [-0.4, -0.2) is 53.4 Å². The number of anilines is 1. The number of rotatable bonds is 5. The minimum atomic E-state index is -0.184. The summed E-state index contributed by atoms with van der Waals surface area (Å²) in [6.07, 6.45) is 3.60. The Bertz CT molecular complexity index is 1040. The van der Waals surface area contributed by atoms with Crippen molar-refractivity contribution in [2.24, 2.45) is 0 Å². The van der Waals surface area contributed by atoms with E-state index in [2.05, 4.69) is 15.0 Å². The summed E-state index contributed by atoms with van der Waals surface area (Å²) in [5, 5.41) is 0. The molecule has 2 aromatic heterocycles. The second kappa shape index (κ2) is 7.55. The third kappa shape index (κ3) is 3.43. The molecule has 8 heteroatoms. The lowest BCUT2D eigenvalue weighted by Crippen LogP contribution is -2.29. The van der Waals surface area contributed by atoms with Gasteiger partial charge in [0, 0.05) is 26.3 Å². The van der Waals surface area contributed by atoms with E-state index in [-0.39, 0.29) is 11.7 Å². The molecule has 0 bridgehead atoms. The molecule has 1 aliphatic heterocycles. The molecule has 0 unspecified atom stereocenters. The minimum absolute atomic E-state index is 0.00443. The van der Waals surface area contributed by atoms with Crippen LogP contribution < -0.4 is 15.2 Å². The van der Waals surface area contributed by atoms with Crippen LogP contribution in [0.2, 0.25) is 0 Å². The smallest absolute Gasteiger partial charge is 0.278 e. The molecule has 0 saturated carbocycles. The van der Waals surface area contributed by atoms with Crippen molar-refractivity contribution in [2.75, 3.05) is 32.7 Å². The van der Waals surface area contributed by atoms with Gasteiger partial charge in [-0.3, -0.25) is 9.36 Å². The molecule has 0 radical (unpaired) electrons. The zero-order chi connectivity index (χ0) is 19.7. The van der Waals surface area contributed by atoms with Gasteiger partial charge in [-0.15, -0.1) is 0 Å². The van der Waals surface area contributed by atoms with E-state index in [1.54, 1.807) is 22.8 Å². The third-order valence-electron chi connectivity index (χ3n) is 4.85. The summed E-state index contributed by atoms with van der Waals surface area (Å²) in [7, 11) is 5.34. The van der Waals surface area contributed by atoms with Gasteiger partial charge in [-0.1, -0.05) is 0 Å². The highest BCUT2D eigenvalue weighted by molar-refractivity contribution is 5.74. The summed E-state index contributed by atoms with van der Waals surface area (Å²) < 4.78 is 12.6. The predicted molar refractivity (Wildman–Crippen MR) is 107 cm³/mol. The number of methoxy groups -OCH3 is 1. The summed E-state index contributed by atoms with van der Waals surface area (Å²) in [6, 6.07) is 7.30. The first-order chi connectivity index (χ1) is 13.6. The van der Waals surface area contributed by atoms with Gasteiger partial charge in [0.25, 0.3) is 5.56 Å². The summed E-state index contributed by atoms with van der Waals surface area (Å²) in [5.74, 6) is 1.26. The number of hydrogen-bond acceptors (Lipinski definition) is 7. The van der Waals surface area contributed by atoms with E-state index in [0.717, 1.165) is 30.8 Å². The van der Waals surface area contributed by atoms with E-state index < -0.39 is 0 Å². The molecule has 0 aliphatic carbocycles. The van der Waals surface area contributed by atoms with Crippen LogP contribution in [0.25, 0.3) is 22.4 Å². The molecule has 8 nitrogen and oxygen atoms in total. The molecule has 0 N–H and O–H groups in total. The molecule has 3 aromatic rings. The van der Waals surface area contributed by atoms with E-state index in [9.17, 15) is 4.79 Å². The first-order valence-electron chi connectivity index (χ1n) is 9.28. The number of hydrogen-bond donors (Lipinski definition) is 0. The molecule has 1 fully saturated rings. The Kier molecular flexibility index (Phi) is 4.95. The summed E-state index contributed by atoms with van der Waals surface area (Å²) in [4.78, 5) is 28.7. The monoisotopic (exact) mass is 381 g/mol. The van der Waals surface area contributed by atoms with Crippen LogP contribution in [0, 0.1) is 0 Å². The largest absolute Gasteiger partial charge is 0.497 e. The van der Waals surface area contributed by atoms with Crippen molar-refractivity contribution in [1.29, 1.82) is 0 Å². The van der Waals surface area contributed by atoms with E-state index in [1.165, 1.54) is 0 Å². The second-order valence-corrected chi connectivity index (χ2v) is 7.01. The maximum atomic E-state index is 13.3. The highest BCUT2D eigenvalue weighted by Gasteiger charge is 2.21. The first kappa shape index (κ1) is 18.4. The Labute approximate surface area is 162 Å². The number of aromatic nitrogens is 4. The topological polar surface area (TPSA) is 82.4 Å². The average molecular weight is 381 g/mol. The van der Waals surface area contributed by atoms with Crippen molar-refractivity contribution in [2.45, 2.75) is 25.5 Å². The molecular weight excluding hydrogens is 358 g/mol. The molecule has 1 aromatic carbocycles. The van der Waals surface area contributed by atoms with Crippen molar-refractivity contribution < 1.29 is 9.47 Å². The Balaban J connectivity index is 1.89. The van der Waals surface area contributed by atoms with Crippen molar-refractivity contribution in [3.05, 3.63) is 40.8 Å². The lowest BCUT2D eigenvalue weighted by molar-refractivity contribution is 0.0971. The van der Waals surface area contributed by atoms with E-state index in [1.807, 2.05) is 38.4 Å². The predicted octanol–water partition coefficient (Wildman–Crippen LogP) is 2.11. The lowest BCUT2D eigenvalue weighted by atomic mass is 10.1. The Morgan fingerprint density at radius 2 is 2.04 bits per heavy atom. The van der Waals surface area contributed by atoms with Gasteiger partial charge in [0.15, 0.2) is 5.65 Å². The van der Waals surface area contributed by atoms with Gasteiger partial charge in [0.1, 0.15) is 17.0 Å². The fraction of sp³-hybridized carbons (Fsp3) is 0.400. The molecule has 0 spiro atoms. The van der Waals surface area contributed by atoms with Gasteiger partial charge in [0.2, 0.25) is 5.95 Å². The third-order valence-corrected chi connectivity index (χ3v) is 4.85. The summed E-state index contributed by atoms with van der Waals surface area (Å²) >= 11 is 0. The molecule has 4 rings (SSSR count). The lowest BCUT2D eigenvalue weighted by Gasteiger charge is -2.17. The molecular formula is C20H23N5O3. The molecule has 146 valence electrons. The number of ether oxygens (including phenoxy) is 2. The van der Waals surface area contributed by atoms with E-state index in [4.69, 9.17) is 9.47 Å². The second-order valence-electron chi connectivity index (χ2n) is 7.01. The average Bonchev–Trinajstić information content (AvgIpc) is 3.23. The van der Waals surface area contributed by atoms with Crippen molar-refractivity contribution >= 4 is 17.1 Å². The van der Waals surface area contributed by atoms with Gasteiger partial charge in [-0.2, -0.15) is 4.98 Å². The number of nitrogens with zero attached hydrogens (tertiary/aromatic N) is 5. The summed E-state index contributed by atoms with van der Waals surface area (Å²) in [5.41, 5.74) is 2.02. The van der Waals surface area contributed by atoms with Crippen LogP contribution in [0.5, 0.6) is 5.75 Å². The van der Waals surface area contributed by atoms with Gasteiger partial charge in [-0.25, -0.2) is 9.97 Å². The van der Waals surface area contributed by atoms with Crippen molar-refractivity contribution in [3.8, 4) is 17.0 Å². The van der Waals surface area contributed by atoms with Crippen molar-refractivity contribution in [1.82, 2.24) is 19.5 Å². The number of benzene rings is 1. The molecule has 28 heavy (non-hydrogen) atoms. The normalized spacial score (nSPS) is 16.5. The Hall–Kier alpha value is -3.00. The fourth-order valence-electron chi connectivity index (χ4n) is 3.34. The van der Waals surface area contributed by atoms with Crippen LogP contribution in [0.15, 0.2) is 35.3 Å². The minimum Gasteiger partial charge on any atom is -0.497 e. The van der Waals surface area contributed by atoms with Crippen LogP contribution in [0.4, 0.5) is 5.95 Å². The molecule has 3 heterocycles. The van der Waals surface area contributed by atoms with E-state index in [0.29, 0.717) is 29.4 Å².